The van der Waals surface area contributed by atoms with E-state index in [0.29, 0.717) is 12.1 Å². The zero-order valence-corrected chi connectivity index (χ0v) is 8.95. The van der Waals surface area contributed by atoms with Crippen molar-refractivity contribution in [3.05, 3.63) is 0 Å². The molecule has 1 N–H and O–H groups in total. The Kier molecular flexibility index (Phi) is 3.92. The molecule has 70 valence electrons. The van der Waals surface area contributed by atoms with E-state index < -0.39 is 0 Å². The minimum absolute atomic E-state index is 0.506. The highest BCUT2D eigenvalue weighted by molar-refractivity contribution is 8.14. The molecule has 1 unspecified atom stereocenters. The van der Waals surface area contributed by atoms with E-state index in [0.717, 1.165) is 10.9 Å². The van der Waals surface area contributed by atoms with E-state index in [1.54, 1.807) is 0 Å². The predicted octanol–water partition coefficient (Wildman–Crippen LogP) is 2.26. The van der Waals surface area contributed by atoms with Crippen molar-refractivity contribution in [3.63, 3.8) is 0 Å². The Morgan fingerprint density at radius 3 is 2.67 bits per heavy atom. The van der Waals surface area contributed by atoms with Gasteiger partial charge in [0.25, 0.3) is 0 Å². The summed E-state index contributed by atoms with van der Waals surface area (Å²) in [6, 6.07) is 1.12. The van der Waals surface area contributed by atoms with Crippen molar-refractivity contribution in [2.24, 2.45) is 4.99 Å². The number of thioether (sulfide) groups is 1. The molecule has 0 saturated heterocycles. The smallest absolute Gasteiger partial charge is 0.157 e. The highest BCUT2D eigenvalue weighted by Crippen LogP contribution is 2.16. The molecule has 1 rings (SSSR count). The molecule has 1 heterocycles. The zero-order valence-electron chi connectivity index (χ0n) is 8.13. The van der Waals surface area contributed by atoms with Crippen molar-refractivity contribution in [1.29, 1.82) is 0 Å². The largest absolute Gasteiger partial charge is 0.362 e. The van der Waals surface area contributed by atoms with Crippen LogP contribution in [0, 0.1) is 0 Å². The van der Waals surface area contributed by atoms with Gasteiger partial charge in [0.1, 0.15) is 0 Å². The van der Waals surface area contributed by atoms with Gasteiger partial charge in [0.15, 0.2) is 5.17 Å². The van der Waals surface area contributed by atoms with Crippen LogP contribution in [0.1, 0.15) is 33.6 Å². The van der Waals surface area contributed by atoms with Crippen LogP contribution in [0.2, 0.25) is 0 Å². The molecule has 0 amide bonds. The van der Waals surface area contributed by atoms with E-state index in [4.69, 9.17) is 0 Å². The second-order valence-corrected chi connectivity index (χ2v) is 4.26. The molecule has 1 atom stereocenters. The summed E-state index contributed by atoms with van der Waals surface area (Å²) in [6.07, 6.45) is 2.37. The Labute approximate surface area is 79.2 Å². The lowest BCUT2D eigenvalue weighted by Crippen LogP contribution is -2.31. The first-order chi connectivity index (χ1) is 5.76. The fourth-order valence-electron chi connectivity index (χ4n) is 1.22. The summed E-state index contributed by atoms with van der Waals surface area (Å²) in [5, 5.41) is 4.61. The molecule has 1 aliphatic rings. The van der Waals surface area contributed by atoms with Crippen molar-refractivity contribution in [2.75, 3.05) is 5.75 Å². The minimum Gasteiger partial charge on any atom is -0.362 e. The lowest BCUT2D eigenvalue weighted by atomic mass is 10.2. The molecule has 0 aromatic heterocycles. The Bertz CT molecular complexity index is 164. The van der Waals surface area contributed by atoms with Gasteiger partial charge in [0.05, 0.1) is 6.04 Å². The van der Waals surface area contributed by atoms with E-state index in [-0.39, 0.29) is 0 Å². The van der Waals surface area contributed by atoms with Gasteiger partial charge < -0.3 is 5.32 Å². The maximum atomic E-state index is 4.49. The number of nitrogens with zero attached hydrogens (tertiary/aromatic N) is 1. The molecular weight excluding hydrogens is 168 g/mol. The van der Waals surface area contributed by atoms with Crippen molar-refractivity contribution in [3.8, 4) is 0 Å². The SMILES string of the molecule is CCC(CC)NC1=NC(C)CS1. The second-order valence-electron chi connectivity index (χ2n) is 3.25. The second kappa shape index (κ2) is 4.75. The molecule has 1 aliphatic heterocycles. The lowest BCUT2D eigenvalue weighted by molar-refractivity contribution is 0.572. The summed E-state index contributed by atoms with van der Waals surface area (Å²) in [4.78, 5) is 4.49. The first-order valence-corrected chi connectivity index (χ1v) is 5.72. The van der Waals surface area contributed by atoms with Crippen LogP contribution in [0.5, 0.6) is 0 Å². The van der Waals surface area contributed by atoms with Crippen LogP contribution in [0.3, 0.4) is 0 Å². The normalized spacial score (nSPS) is 23.0. The van der Waals surface area contributed by atoms with E-state index in [1.807, 2.05) is 11.8 Å². The summed E-state index contributed by atoms with van der Waals surface area (Å²) >= 11 is 1.85. The van der Waals surface area contributed by atoms with Crippen molar-refractivity contribution >= 4 is 16.9 Å². The van der Waals surface area contributed by atoms with Crippen molar-refractivity contribution < 1.29 is 0 Å². The summed E-state index contributed by atoms with van der Waals surface area (Å²) in [5.74, 6) is 1.14. The van der Waals surface area contributed by atoms with Crippen LogP contribution < -0.4 is 5.32 Å². The molecule has 3 heteroatoms. The molecule has 0 aliphatic carbocycles. The van der Waals surface area contributed by atoms with Gasteiger partial charge in [-0.2, -0.15) is 0 Å². The molecule has 0 aromatic carbocycles. The highest BCUT2D eigenvalue weighted by atomic mass is 32.2. The van der Waals surface area contributed by atoms with Crippen LogP contribution in [0.25, 0.3) is 0 Å². The zero-order chi connectivity index (χ0) is 8.97. The van der Waals surface area contributed by atoms with Crippen LogP contribution in [0.4, 0.5) is 0 Å². The average molecular weight is 186 g/mol. The Morgan fingerprint density at radius 1 is 1.58 bits per heavy atom. The Hall–Kier alpha value is -0.180. The van der Waals surface area contributed by atoms with Gasteiger partial charge >= 0.3 is 0 Å². The maximum Gasteiger partial charge on any atom is 0.157 e. The third-order valence-electron chi connectivity index (χ3n) is 2.11. The first-order valence-electron chi connectivity index (χ1n) is 4.73. The Morgan fingerprint density at radius 2 is 2.25 bits per heavy atom. The topological polar surface area (TPSA) is 24.4 Å². The van der Waals surface area contributed by atoms with E-state index >= 15 is 0 Å². The van der Waals surface area contributed by atoms with Gasteiger partial charge in [-0.25, -0.2) is 0 Å². The standard InChI is InChI=1S/C9H18N2S/c1-4-8(5-2)11-9-10-7(3)6-12-9/h7-8H,4-6H2,1-3H3,(H,10,11). The van der Waals surface area contributed by atoms with Crippen LogP contribution in [0.15, 0.2) is 4.99 Å². The van der Waals surface area contributed by atoms with Crippen molar-refractivity contribution in [2.45, 2.75) is 45.7 Å². The highest BCUT2D eigenvalue weighted by Gasteiger charge is 2.15. The summed E-state index contributed by atoms with van der Waals surface area (Å²) in [5.41, 5.74) is 0. The number of nitrogens with one attached hydrogen (secondary N) is 1. The molecule has 0 radical (unpaired) electrons. The van der Waals surface area contributed by atoms with E-state index in [9.17, 15) is 0 Å². The van der Waals surface area contributed by atoms with Crippen molar-refractivity contribution in [1.82, 2.24) is 5.32 Å². The molecule has 0 spiro atoms. The predicted molar refractivity (Wildman–Crippen MR) is 56.9 cm³/mol. The maximum absolute atomic E-state index is 4.49. The molecule has 2 nitrogen and oxygen atoms in total. The number of aliphatic imine (C=N–C) groups is 1. The fraction of sp³-hybridized carbons (Fsp3) is 0.889. The van der Waals surface area contributed by atoms with Crippen LogP contribution in [-0.4, -0.2) is 23.0 Å². The van der Waals surface area contributed by atoms with Gasteiger partial charge in [-0.1, -0.05) is 25.6 Å². The number of amidine groups is 1. The summed E-state index contributed by atoms with van der Waals surface area (Å²) in [7, 11) is 0. The van der Waals surface area contributed by atoms with Gasteiger partial charge in [-0.3, -0.25) is 4.99 Å². The van der Waals surface area contributed by atoms with E-state index in [1.165, 1.54) is 12.8 Å². The van der Waals surface area contributed by atoms with E-state index in [2.05, 4.69) is 31.1 Å². The van der Waals surface area contributed by atoms with Crippen LogP contribution >= 0.6 is 11.8 Å². The molecule has 0 saturated carbocycles. The quantitative estimate of drug-likeness (QED) is 0.731. The first kappa shape index (κ1) is 9.90. The minimum atomic E-state index is 0.506. The molecule has 0 fully saturated rings. The molecular formula is C9H18N2S. The third-order valence-corrected chi connectivity index (χ3v) is 3.26. The molecule has 12 heavy (non-hydrogen) atoms. The summed E-state index contributed by atoms with van der Waals surface area (Å²) < 4.78 is 0. The average Bonchev–Trinajstić information content (AvgIpc) is 2.47. The number of rotatable bonds is 3. The van der Waals surface area contributed by atoms with Crippen LogP contribution in [-0.2, 0) is 0 Å². The van der Waals surface area contributed by atoms with Gasteiger partial charge in [-0.15, -0.1) is 0 Å². The molecule has 0 aromatic rings. The number of hydrogen-bond acceptors (Lipinski definition) is 3. The van der Waals surface area contributed by atoms with Gasteiger partial charge in [0, 0.05) is 11.8 Å². The monoisotopic (exact) mass is 186 g/mol. The molecule has 0 bridgehead atoms. The fourth-order valence-corrected chi connectivity index (χ4v) is 2.20. The van der Waals surface area contributed by atoms with Gasteiger partial charge in [-0.05, 0) is 19.8 Å². The Balaban J connectivity index is 2.35. The third kappa shape index (κ3) is 2.70. The number of hydrogen-bond donors (Lipinski definition) is 1. The lowest BCUT2D eigenvalue weighted by Gasteiger charge is -2.14. The van der Waals surface area contributed by atoms with Gasteiger partial charge in [0.2, 0.25) is 0 Å². The summed E-state index contributed by atoms with van der Waals surface area (Å²) in [6.45, 7) is 6.59.